The van der Waals surface area contributed by atoms with Crippen molar-refractivity contribution in [2.24, 2.45) is 0 Å². The number of para-hydroxylation sites is 1. The first-order valence-electron chi connectivity index (χ1n) is 9.74. The fourth-order valence-corrected chi connectivity index (χ4v) is 3.62. The SMILES string of the molecule is CCc1ccccc1NC(=O)CN1C(=O)NC(=Cc2cc(C)n(CC)c2C)C1=O. The van der Waals surface area contributed by atoms with Gasteiger partial charge in [0.1, 0.15) is 12.2 Å². The number of urea groups is 1. The third-order valence-electron chi connectivity index (χ3n) is 5.17. The second-order valence-corrected chi connectivity index (χ2v) is 7.01. The summed E-state index contributed by atoms with van der Waals surface area (Å²) in [6, 6.07) is 8.84. The predicted octanol–water partition coefficient (Wildman–Crippen LogP) is 3.22. The molecule has 29 heavy (non-hydrogen) atoms. The van der Waals surface area contributed by atoms with Gasteiger partial charge in [0.2, 0.25) is 5.91 Å². The minimum Gasteiger partial charge on any atom is -0.349 e. The number of rotatable bonds is 6. The molecule has 1 fully saturated rings. The number of carbonyl (C=O) groups is 3. The number of aryl methyl sites for hydroxylation is 2. The predicted molar refractivity (Wildman–Crippen MR) is 112 cm³/mol. The summed E-state index contributed by atoms with van der Waals surface area (Å²) >= 11 is 0. The zero-order valence-corrected chi connectivity index (χ0v) is 17.2. The van der Waals surface area contributed by atoms with E-state index in [1.807, 2.05) is 45.0 Å². The number of imide groups is 1. The maximum Gasteiger partial charge on any atom is 0.329 e. The molecule has 0 atom stereocenters. The van der Waals surface area contributed by atoms with Gasteiger partial charge in [-0.3, -0.25) is 9.59 Å². The molecule has 2 heterocycles. The van der Waals surface area contributed by atoms with Crippen molar-refractivity contribution in [1.29, 1.82) is 0 Å². The van der Waals surface area contributed by atoms with E-state index in [2.05, 4.69) is 22.1 Å². The Balaban J connectivity index is 1.74. The molecule has 0 bridgehead atoms. The largest absolute Gasteiger partial charge is 0.349 e. The highest BCUT2D eigenvalue weighted by molar-refractivity contribution is 6.16. The molecule has 0 saturated carbocycles. The van der Waals surface area contributed by atoms with E-state index in [0.29, 0.717) is 5.69 Å². The number of anilines is 1. The molecule has 1 aromatic heterocycles. The summed E-state index contributed by atoms with van der Waals surface area (Å²) in [5, 5.41) is 5.36. The summed E-state index contributed by atoms with van der Waals surface area (Å²) in [5.41, 5.74) is 4.83. The number of amides is 4. The van der Waals surface area contributed by atoms with E-state index < -0.39 is 17.8 Å². The first-order valence-corrected chi connectivity index (χ1v) is 9.74. The standard InChI is InChI=1S/C22H26N4O3/c1-5-16-9-7-8-10-18(16)23-20(27)13-26-21(28)19(24-22(26)29)12-17-11-14(3)25(6-2)15(17)4/h7-12H,5-6,13H2,1-4H3,(H,23,27)(H,24,29). The van der Waals surface area contributed by atoms with Gasteiger partial charge in [-0.1, -0.05) is 25.1 Å². The van der Waals surface area contributed by atoms with Crippen LogP contribution in [0.2, 0.25) is 0 Å². The van der Waals surface area contributed by atoms with Gasteiger partial charge in [0.05, 0.1) is 0 Å². The quantitative estimate of drug-likeness (QED) is 0.583. The minimum absolute atomic E-state index is 0.174. The first kappa shape index (κ1) is 20.4. The van der Waals surface area contributed by atoms with Crippen LogP contribution in [0.1, 0.15) is 36.4 Å². The molecular weight excluding hydrogens is 368 g/mol. The number of nitrogens with zero attached hydrogens (tertiary/aromatic N) is 2. The smallest absolute Gasteiger partial charge is 0.329 e. The lowest BCUT2D eigenvalue weighted by Crippen LogP contribution is -2.38. The van der Waals surface area contributed by atoms with Crippen LogP contribution < -0.4 is 10.6 Å². The topological polar surface area (TPSA) is 83.4 Å². The van der Waals surface area contributed by atoms with Crippen LogP contribution in [0, 0.1) is 13.8 Å². The Bertz CT molecular complexity index is 1000. The summed E-state index contributed by atoms with van der Waals surface area (Å²) in [6.07, 6.45) is 2.43. The molecule has 0 aliphatic carbocycles. The number of nitrogens with one attached hydrogen (secondary N) is 2. The molecule has 2 N–H and O–H groups in total. The van der Waals surface area contributed by atoms with Crippen LogP contribution in [0.4, 0.5) is 10.5 Å². The van der Waals surface area contributed by atoms with Gasteiger partial charge in [0.15, 0.2) is 0 Å². The number of carbonyl (C=O) groups excluding carboxylic acids is 3. The second-order valence-electron chi connectivity index (χ2n) is 7.01. The maximum atomic E-state index is 12.7. The number of hydrogen-bond acceptors (Lipinski definition) is 3. The third-order valence-corrected chi connectivity index (χ3v) is 5.17. The Kier molecular flexibility index (Phi) is 5.87. The Morgan fingerprint density at radius 2 is 1.90 bits per heavy atom. The molecule has 2 aromatic rings. The highest BCUT2D eigenvalue weighted by Crippen LogP contribution is 2.21. The Labute approximate surface area is 170 Å². The summed E-state index contributed by atoms with van der Waals surface area (Å²) in [6.45, 7) is 8.51. The van der Waals surface area contributed by atoms with E-state index in [1.165, 1.54) is 0 Å². The lowest BCUT2D eigenvalue weighted by atomic mass is 10.1. The third kappa shape index (κ3) is 4.08. The zero-order valence-electron chi connectivity index (χ0n) is 17.2. The molecule has 1 aromatic carbocycles. The van der Waals surface area contributed by atoms with Crippen LogP contribution in [-0.2, 0) is 22.6 Å². The molecule has 1 aliphatic heterocycles. The molecule has 1 saturated heterocycles. The first-order chi connectivity index (χ1) is 13.8. The monoisotopic (exact) mass is 394 g/mol. The normalized spacial score (nSPS) is 15.2. The van der Waals surface area contributed by atoms with Crippen molar-refractivity contribution in [3.05, 3.63) is 58.5 Å². The average Bonchev–Trinajstić information content (AvgIpc) is 3.11. The fraction of sp³-hybridized carbons (Fsp3) is 0.318. The lowest BCUT2D eigenvalue weighted by Gasteiger charge is -2.13. The number of aromatic nitrogens is 1. The van der Waals surface area contributed by atoms with Crippen molar-refractivity contribution in [3.8, 4) is 0 Å². The maximum absolute atomic E-state index is 12.7. The van der Waals surface area contributed by atoms with Crippen molar-refractivity contribution in [2.45, 2.75) is 40.7 Å². The van der Waals surface area contributed by atoms with E-state index in [4.69, 9.17) is 0 Å². The van der Waals surface area contributed by atoms with Gasteiger partial charge < -0.3 is 15.2 Å². The Morgan fingerprint density at radius 3 is 2.55 bits per heavy atom. The molecule has 0 spiro atoms. The van der Waals surface area contributed by atoms with Crippen LogP contribution in [-0.4, -0.2) is 33.9 Å². The highest BCUT2D eigenvalue weighted by Gasteiger charge is 2.35. The second kappa shape index (κ2) is 8.34. The van der Waals surface area contributed by atoms with Gasteiger partial charge in [-0.05, 0) is 56.5 Å². The van der Waals surface area contributed by atoms with Crippen molar-refractivity contribution in [2.75, 3.05) is 11.9 Å². The molecule has 152 valence electrons. The van der Waals surface area contributed by atoms with Crippen molar-refractivity contribution in [1.82, 2.24) is 14.8 Å². The van der Waals surface area contributed by atoms with E-state index in [-0.39, 0.29) is 12.2 Å². The van der Waals surface area contributed by atoms with Crippen LogP contribution in [0.5, 0.6) is 0 Å². The lowest BCUT2D eigenvalue weighted by molar-refractivity contribution is -0.127. The summed E-state index contributed by atoms with van der Waals surface area (Å²) in [5.74, 6) is -0.921. The van der Waals surface area contributed by atoms with Crippen molar-refractivity contribution in [3.63, 3.8) is 0 Å². The van der Waals surface area contributed by atoms with Crippen molar-refractivity contribution < 1.29 is 14.4 Å². The fourth-order valence-electron chi connectivity index (χ4n) is 3.62. The van der Waals surface area contributed by atoms with Gasteiger partial charge in [-0.25, -0.2) is 9.69 Å². The van der Waals surface area contributed by atoms with E-state index in [1.54, 1.807) is 12.1 Å². The molecule has 1 aliphatic rings. The molecular formula is C22H26N4O3. The van der Waals surface area contributed by atoms with E-state index in [0.717, 1.165) is 40.4 Å². The molecule has 0 radical (unpaired) electrons. The summed E-state index contributed by atoms with van der Waals surface area (Å²) < 4.78 is 2.13. The highest BCUT2D eigenvalue weighted by atomic mass is 16.2. The van der Waals surface area contributed by atoms with E-state index >= 15 is 0 Å². The molecule has 0 unspecified atom stereocenters. The van der Waals surface area contributed by atoms with Crippen LogP contribution >= 0.6 is 0 Å². The van der Waals surface area contributed by atoms with Crippen LogP contribution in [0.15, 0.2) is 36.0 Å². The molecule has 7 nitrogen and oxygen atoms in total. The Hall–Kier alpha value is -3.35. The molecule has 4 amide bonds. The number of benzene rings is 1. The van der Waals surface area contributed by atoms with Gasteiger partial charge in [-0.15, -0.1) is 0 Å². The minimum atomic E-state index is -0.593. The van der Waals surface area contributed by atoms with E-state index in [9.17, 15) is 14.4 Å². The van der Waals surface area contributed by atoms with Gasteiger partial charge >= 0.3 is 6.03 Å². The molecule has 7 heteroatoms. The van der Waals surface area contributed by atoms with Gasteiger partial charge in [0, 0.05) is 23.6 Å². The van der Waals surface area contributed by atoms with Gasteiger partial charge in [0.25, 0.3) is 5.91 Å². The van der Waals surface area contributed by atoms with Crippen LogP contribution in [0.3, 0.4) is 0 Å². The van der Waals surface area contributed by atoms with Gasteiger partial charge in [-0.2, -0.15) is 0 Å². The summed E-state index contributed by atoms with van der Waals surface area (Å²) in [4.78, 5) is 38.3. The Morgan fingerprint density at radius 1 is 1.17 bits per heavy atom. The summed E-state index contributed by atoms with van der Waals surface area (Å²) in [7, 11) is 0. The van der Waals surface area contributed by atoms with Crippen molar-refractivity contribution >= 4 is 29.6 Å². The average molecular weight is 394 g/mol. The van der Waals surface area contributed by atoms with Crippen LogP contribution in [0.25, 0.3) is 6.08 Å². The number of hydrogen-bond donors (Lipinski definition) is 2. The zero-order chi connectivity index (χ0) is 21.1. The molecule has 3 rings (SSSR count).